The molecule has 3 heteroatoms. The summed E-state index contributed by atoms with van der Waals surface area (Å²) in [5.41, 5.74) is 0.173. The summed E-state index contributed by atoms with van der Waals surface area (Å²) in [5.74, 6) is 1.27. The van der Waals surface area contributed by atoms with E-state index in [4.69, 9.17) is 4.74 Å². The summed E-state index contributed by atoms with van der Waals surface area (Å²) in [5, 5.41) is 0. The molecule has 0 radical (unpaired) electrons. The Labute approximate surface area is 123 Å². The van der Waals surface area contributed by atoms with Gasteiger partial charge in [-0.2, -0.15) is 0 Å². The fourth-order valence-electron chi connectivity index (χ4n) is 2.06. The van der Waals surface area contributed by atoms with Gasteiger partial charge in [0.05, 0.1) is 6.61 Å². The second-order valence-corrected chi connectivity index (χ2v) is 5.29. The predicted molar refractivity (Wildman–Crippen MR) is 82.3 cm³/mol. The molecule has 0 saturated heterocycles. The fourth-order valence-corrected chi connectivity index (χ4v) is 2.06. The van der Waals surface area contributed by atoms with Crippen molar-refractivity contribution in [1.29, 1.82) is 0 Å². The van der Waals surface area contributed by atoms with Crippen LogP contribution in [-0.2, 0) is 14.3 Å². The van der Waals surface area contributed by atoms with E-state index in [1.807, 2.05) is 0 Å². The molecule has 0 aromatic carbocycles. The molecule has 0 aliphatic heterocycles. The van der Waals surface area contributed by atoms with E-state index in [1.165, 1.54) is 25.7 Å². The molecule has 0 amide bonds. The zero-order valence-corrected chi connectivity index (χ0v) is 13.2. The maximum atomic E-state index is 11.7. The second kappa shape index (κ2) is 14.3. The smallest absolute Gasteiger partial charge is 0.345 e. The monoisotopic (exact) mass is 282 g/mol. The maximum Gasteiger partial charge on any atom is 0.345 e. The highest BCUT2D eigenvalue weighted by Crippen LogP contribution is 2.10. The van der Waals surface area contributed by atoms with Gasteiger partial charge in [0.1, 0.15) is 11.5 Å². The van der Waals surface area contributed by atoms with Crippen molar-refractivity contribution in [2.75, 3.05) is 6.61 Å². The molecular weight excluding hydrogens is 252 g/mol. The van der Waals surface area contributed by atoms with Gasteiger partial charge in [0.15, 0.2) is 0 Å². The van der Waals surface area contributed by atoms with E-state index in [0.717, 1.165) is 38.5 Å². The van der Waals surface area contributed by atoms with Crippen LogP contribution in [0, 0.1) is 0 Å². The molecule has 0 bridgehead atoms. The average molecular weight is 282 g/mol. The molecule has 0 fully saturated rings. The van der Waals surface area contributed by atoms with Crippen LogP contribution < -0.4 is 0 Å². The predicted octanol–water partition coefficient (Wildman–Crippen LogP) is 4.62. The van der Waals surface area contributed by atoms with Crippen LogP contribution in [-0.4, -0.2) is 18.5 Å². The molecule has 0 saturated carbocycles. The third-order valence-corrected chi connectivity index (χ3v) is 3.38. The zero-order valence-electron chi connectivity index (χ0n) is 13.2. The second-order valence-electron chi connectivity index (χ2n) is 5.29. The summed E-state index contributed by atoms with van der Waals surface area (Å²) in [6.45, 7) is 4.74. The van der Waals surface area contributed by atoms with Crippen LogP contribution in [0.5, 0.6) is 0 Å². The van der Waals surface area contributed by atoms with E-state index in [-0.39, 0.29) is 5.57 Å². The SMILES string of the molecule is CCCCCCCCOC(=O)C(=C=O)CCCCCC. The first kappa shape index (κ1) is 18.9. The quantitative estimate of drug-likeness (QED) is 0.214. The van der Waals surface area contributed by atoms with E-state index in [9.17, 15) is 9.59 Å². The van der Waals surface area contributed by atoms with Crippen molar-refractivity contribution >= 4 is 11.9 Å². The highest BCUT2D eigenvalue weighted by Gasteiger charge is 2.11. The first-order chi connectivity index (χ1) is 9.76. The lowest BCUT2D eigenvalue weighted by molar-refractivity contribution is -0.139. The molecule has 0 heterocycles. The number of carbonyl (C=O) groups excluding carboxylic acids is 2. The molecule has 0 aliphatic carbocycles. The third-order valence-electron chi connectivity index (χ3n) is 3.38. The lowest BCUT2D eigenvalue weighted by Crippen LogP contribution is -2.10. The zero-order chi connectivity index (χ0) is 15.1. The van der Waals surface area contributed by atoms with Gasteiger partial charge in [-0.25, -0.2) is 9.59 Å². The standard InChI is InChI=1S/C17H30O3/c1-3-5-7-9-10-12-14-20-17(19)16(15-18)13-11-8-6-4-2/h3-14H2,1-2H3. The molecule has 0 N–H and O–H groups in total. The molecule has 0 aromatic rings. The van der Waals surface area contributed by atoms with Gasteiger partial charge in [-0.3, -0.25) is 0 Å². The Kier molecular flexibility index (Phi) is 13.6. The van der Waals surface area contributed by atoms with Crippen LogP contribution in [0.3, 0.4) is 0 Å². The Morgan fingerprint density at radius 3 is 2.00 bits per heavy atom. The number of unbranched alkanes of at least 4 members (excludes halogenated alkanes) is 8. The molecule has 20 heavy (non-hydrogen) atoms. The number of carbonyl (C=O) groups is 1. The lowest BCUT2D eigenvalue weighted by Gasteiger charge is -2.05. The number of hydrogen-bond acceptors (Lipinski definition) is 3. The summed E-state index contributed by atoms with van der Waals surface area (Å²) in [6, 6.07) is 0. The minimum absolute atomic E-state index is 0.173. The van der Waals surface area contributed by atoms with E-state index >= 15 is 0 Å². The number of esters is 1. The van der Waals surface area contributed by atoms with Gasteiger partial charge in [-0.1, -0.05) is 65.2 Å². The number of ether oxygens (including phenoxy) is 1. The van der Waals surface area contributed by atoms with Gasteiger partial charge in [-0.15, -0.1) is 0 Å². The summed E-state index contributed by atoms with van der Waals surface area (Å²) in [4.78, 5) is 22.4. The van der Waals surface area contributed by atoms with Crippen LogP contribution in [0.2, 0.25) is 0 Å². The van der Waals surface area contributed by atoms with E-state index in [1.54, 1.807) is 5.94 Å². The largest absolute Gasteiger partial charge is 0.462 e. The van der Waals surface area contributed by atoms with Crippen molar-refractivity contribution in [1.82, 2.24) is 0 Å². The molecule has 0 aromatic heterocycles. The van der Waals surface area contributed by atoms with Gasteiger partial charge in [-0.05, 0) is 19.3 Å². The topological polar surface area (TPSA) is 43.4 Å². The van der Waals surface area contributed by atoms with Gasteiger partial charge in [0, 0.05) is 0 Å². The van der Waals surface area contributed by atoms with Crippen molar-refractivity contribution in [3.05, 3.63) is 5.57 Å². The highest BCUT2D eigenvalue weighted by atomic mass is 16.5. The van der Waals surface area contributed by atoms with Crippen molar-refractivity contribution in [3.63, 3.8) is 0 Å². The first-order valence-electron chi connectivity index (χ1n) is 8.17. The number of rotatable bonds is 13. The van der Waals surface area contributed by atoms with Crippen LogP contribution in [0.25, 0.3) is 0 Å². The van der Waals surface area contributed by atoms with Gasteiger partial charge >= 0.3 is 5.97 Å². The maximum absolute atomic E-state index is 11.7. The Morgan fingerprint density at radius 1 is 0.850 bits per heavy atom. The average Bonchev–Trinajstić information content (AvgIpc) is 2.46. The first-order valence-corrected chi connectivity index (χ1v) is 8.17. The molecule has 0 rings (SSSR count). The summed E-state index contributed by atoms with van der Waals surface area (Å²) in [6.07, 6.45) is 11.6. The van der Waals surface area contributed by atoms with E-state index in [0.29, 0.717) is 13.0 Å². The van der Waals surface area contributed by atoms with E-state index in [2.05, 4.69) is 13.8 Å². The molecule has 0 spiro atoms. The minimum atomic E-state index is -0.468. The van der Waals surface area contributed by atoms with Crippen LogP contribution >= 0.6 is 0 Å². The normalized spacial score (nSPS) is 10.1. The van der Waals surface area contributed by atoms with Crippen LogP contribution in [0.15, 0.2) is 5.57 Å². The third kappa shape index (κ3) is 10.8. The summed E-state index contributed by atoms with van der Waals surface area (Å²) >= 11 is 0. The van der Waals surface area contributed by atoms with Gasteiger partial charge in [0.25, 0.3) is 0 Å². The molecule has 0 unspecified atom stereocenters. The van der Waals surface area contributed by atoms with Crippen molar-refractivity contribution in [2.24, 2.45) is 0 Å². The molecule has 0 atom stereocenters. The van der Waals surface area contributed by atoms with Gasteiger partial charge < -0.3 is 4.74 Å². The lowest BCUT2D eigenvalue weighted by atomic mass is 10.1. The Hall–Kier alpha value is -1.08. The van der Waals surface area contributed by atoms with Crippen molar-refractivity contribution in [2.45, 2.75) is 84.5 Å². The minimum Gasteiger partial charge on any atom is -0.462 e. The molecule has 0 aliphatic rings. The van der Waals surface area contributed by atoms with Crippen molar-refractivity contribution < 1.29 is 14.3 Å². The number of hydrogen-bond donors (Lipinski definition) is 0. The summed E-state index contributed by atoms with van der Waals surface area (Å²) < 4.78 is 5.12. The van der Waals surface area contributed by atoms with Crippen LogP contribution in [0.4, 0.5) is 0 Å². The van der Waals surface area contributed by atoms with E-state index < -0.39 is 5.97 Å². The highest BCUT2D eigenvalue weighted by molar-refractivity contribution is 5.96. The van der Waals surface area contributed by atoms with Crippen LogP contribution in [0.1, 0.15) is 84.5 Å². The van der Waals surface area contributed by atoms with Crippen molar-refractivity contribution in [3.8, 4) is 0 Å². The molecule has 3 nitrogen and oxygen atoms in total. The Morgan fingerprint density at radius 2 is 1.40 bits per heavy atom. The summed E-state index contributed by atoms with van der Waals surface area (Å²) in [7, 11) is 0. The fraction of sp³-hybridized carbons (Fsp3) is 0.824. The molecular formula is C17H30O3. The van der Waals surface area contributed by atoms with Gasteiger partial charge in [0.2, 0.25) is 0 Å². The Bertz CT molecular complexity index is 291. The molecule has 116 valence electrons. The Balaban J connectivity index is 3.64.